The van der Waals surface area contributed by atoms with Gasteiger partial charge in [-0.05, 0) is 13.8 Å². The average molecular weight is 192 g/mol. The van der Waals surface area contributed by atoms with Crippen LogP contribution in [-0.2, 0) is 14.5 Å². The number of nitrogens with zero attached hydrogens (tertiary/aromatic N) is 2. The number of hydroxylamine groups is 4. The summed E-state index contributed by atoms with van der Waals surface area (Å²) >= 11 is 0. The molecule has 0 aliphatic carbocycles. The van der Waals surface area contributed by atoms with Gasteiger partial charge in [-0.15, -0.1) is 0 Å². The highest BCUT2D eigenvalue weighted by atomic mass is 17.0. The summed E-state index contributed by atoms with van der Waals surface area (Å²) in [5.74, 6) is 0. The maximum absolute atomic E-state index is 11.5. The van der Waals surface area contributed by atoms with E-state index >= 15 is 0 Å². The Kier molecular flexibility index (Phi) is 5.36. The number of urea groups is 1. The molecule has 0 aromatic heterocycles. The van der Waals surface area contributed by atoms with Crippen LogP contribution in [0.3, 0.4) is 0 Å². The molecule has 0 N–H and O–H groups in total. The van der Waals surface area contributed by atoms with Crippen molar-refractivity contribution in [3.05, 3.63) is 0 Å². The lowest BCUT2D eigenvalue weighted by Crippen LogP contribution is -2.44. The second-order valence-corrected chi connectivity index (χ2v) is 2.51. The molecule has 0 aliphatic rings. The van der Waals surface area contributed by atoms with Crippen LogP contribution in [0.5, 0.6) is 0 Å². The first-order valence-electron chi connectivity index (χ1n) is 3.84. The molecule has 0 saturated heterocycles. The van der Waals surface area contributed by atoms with Gasteiger partial charge in [-0.1, -0.05) is 5.23 Å². The van der Waals surface area contributed by atoms with Gasteiger partial charge in [0.25, 0.3) is 0 Å². The topological polar surface area (TPSA) is 51.2 Å². The first kappa shape index (κ1) is 12.2. The van der Waals surface area contributed by atoms with Crippen LogP contribution in [0.25, 0.3) is 0 Å². The van der Waals surface area contributed by atoms with Crippen molar-refractivity contribution >= 4 is 6.03 Å². The standard InChI is InChI=1S/C7H16N2O4/c1-6(2)8(11-3)7(10)9(12-4)13-5/h6H,1-5H3. The van der Waals surface area contributed by atoms with Crippen molar-refractivity contribution in [2.45, 2.75) is 19.9 Å². The first-order valence-corrected chi connectivity index (χ1v) is 3.84. The Morgan fingerprint density at radius 2 is 1.54 bits per heavy atom. The molecule has 13 heavy (non-hydrogen) atoms. The van der Waals surface area contributed by atoms with Gasteiger partial charge in [0.2, 0.25) is 0 Å². The van der Waals surface area contributed by atoms with Crippen molar-refractivity contribution in [2.24, 2.45) is 0 Å². The predicted molar refractivity (Wildman–Crippen MR) is 45.2 cm³/mol. The Bertz CT molecular complexity index is 159. The zero-order chi connectivity index (χ0) is 10.4. The maximum atomic E-state index is 11.5. The fraction of sp³-hybridized carbons (Fsp3) is 0.857. The summed E-state index contributed by atoms with van der Waals surface area (Å²) < 4.78 is 0. The van der Waals surface area contributed by atoms with Crippen LogP contribution in [0.2, 0.25) is 0 Å². The summed E-state index contributed by atoms with van der Waals surface area (Å²) in [6.07, 6.45) is 0. The molecule has 0 spiro atoms. The van der Waals surface area contributed by atoms with Crippen LogP contribution in [0.15, 0.2) is 0 Å². The molecule has 78 valence electrons. The van der Waals surface area contributed by atoms with Crippen molar-refractivity contribution < 1.29 is 19.3 Å². The molecule has 0 fully saturated rings. The third kappa shape index (κ3) is 3.17. The molecule has 0 atom stereocenters. The Balaban J connectivity index is 4.34. The molecule has 0 aromatic rings. The molecule has 0 aliphatic heterocycles. The predicted octanol–water partition coefficient (Wildman–Crippen LogP) is 0.803. The highest BCUT2D eigenvalue weighted by molar-refractivity contribution is 5.71. The second kappa shape index (κ2) is 5.74. The van der Waals surface area contributed by atoms with E-state index in [0.29, 0.717) is 0 Å². The summed E-state index contributed by atoms with van der Waals surface area (Å²) in [5, 5.41) is 1.86. The average Bonchev–Trinajstić information content (AvgIpc) is 2.07. The molecular weight excluding hydrogens is 176 g/mol. The maximum Gasteiger partial charge on any atom is 0.393 e. The number of amides is 2. The normalized spacial score (nSPS) is 10.3. The van der Waals surface area contributed by atoms with E-state index in [2.05, 4.69) is 9.68 Å². The summed E-state index contributed by atoms with van der Waals surface area (Å²) in [4.78, 5) is 25.6. The van der Waals surface area contributed by atoms with E-state index in [4.69, 9.17) is 4.84 Å². The van der Waals surface area contributed by atoms with Gasteiger partial charge in [-0.25, -0.2) is 14.5 Å². The fourth-order valence-corrected chi connectivity index (χ4v) is 0.821. The van der Waals surface area contributed by atoms with Crippen LogP contribution >= 0.6 is 0 Å². The van der Waals surface area contributed by atoms with Gasteiger partial charge >= 0.3 is 6.03 Å². The van der Waals surface area contributed by atoms with Gasteiger partial charge < -0.3 is 0 Å². The third-order valence-corrected chi connectivity index (χ3v) is 1.34. The highest BCUT2D eigenvalue weighted by Gasteiger charge is 2.23. The van der Waals surface area contributed by atoms with E-state index < -0.39 is 6.03 Å². The molecule has 0 bridgehead atoms. The Hall–Kier alpha value is -0.850. The molecule has 0 rings (SSSR count). The van der Waals surface area contributed by atoms with Gasteiger partial charge in [-0.3, -0.25) is 4.84 Å². The number of carbonyl (C=O) groups excluding carboxylic acids is 1. The Labute approximate surface area is 77.8 Å². The van der Waals surface area contributed by atoms with Crippen LogP contribution < -0.4 is 0 Å². The summed E-state index contributed by atoms with van der Waals surface area (Å²) in [7, 11) is 4.06. The molecule has 6 heteroatoms. The number of hydrogen-bond acceptors (Lipinski definition) is 4. The molecule has 6 nitrogen and oxygen atoms in total. The zero-order valence-electron chi connectivity index (χ0n) is 8.60. The lowest BCUT2D eigenvalue weighted by atomic mass is 10.4. The van der Waals surface area contributed by atoms with Gasteiger partial charge in [0.1, 0.15) is 0 Å². The van der Waals surface area contributed by atoms with Crippen LogP contribution in [0, 0.1) is 0 Å². The van der Waals surface area contributed by atoms with Crippen LogP contribution in [-0.4, -0.2) is 43.7 Å². The van der Waals surface area contributed by atoms with Crippen molar-refractivity contribution in [1.29, 1.82) is 0 Å². The van der Waals surface area contributed by atoms with Gasteiger partial charge in [0.05, 0.1) is 27.4 Å². The molecule has 0 aromatic carbocycles. The SMILES string of the molecule is CON(OC)C(=O)N(OC)C(C)C. The molecule has 0 radical (unpaired) electrons. The first-order chi connectivity index (χ1) is 6.08. The molecule has 0 heterocycles. The fourth-order valence-electron chi connectivity index (χ4n) is 0.821. The highest BCUT2D eigenvalue weighted by Crippen LogP contribution is 2.04. The van der Waals surface area contributed by atoms with Crippen LogP contribution in [0.4, 0.5) is 4.79 Å². The van der Waals surface area contributed by atoms with Gasteiger partial charge in [0.15, 0.2) is 0 Å². The molecule has 2 amide bonds. The van der Waals surface area contributed by atoms with E-state index in [0.717, 1.165) is 10.3 Å². The lowest BCUT2D eigenvalue weighted by molar-refractivity contribution is -0.316. The monoisotopic (exact) mass is 192 g/mol. The van der Waals surface area contributed by atoms with Crippen molar-refractivity contribution in [3.8, 4) is 0 Å². The Morgan fingerprint density at radius 3 is 1.77 bits per heavy atom. The van der Waals surface area contributed by atoms with E-state index in [1.807, 2.05) is 13.8 Å². The number of hydrogen-bond donors (Lipinski definition) is 0. The molecule has 0 unspecified atom stereocenters. The number of rotatable bonds is 4. The van der Waals surface area contributed by atoms with E-state index in [1.54, 1.807) is 0 Å². The minimum atomic E-state index is -0.512. The van der Waals surface area contributed by atoms with Crippen molar-refractivity contribution in [3.63, 3.8) is 0 Å². The van der Waals surface area contributed by atoms with Gasteiger partial charge in [-0.2, -0.15) is 5.06 Å². The zero-order valence-corrected chi connectivity index (χ0v) is 8.60. The minimum Gasteiger partial charge on any atom is -0.272 e. The summed E-state index contributed by atoms with van der Waals surface area (Å²) in [6, 6.07) is -0.604. The minimum absolute atomic E-state index is 0.0923. The second-order valence-electron chi connectivity index (χ2n) is 2.51. The van der Waals surface area contributed by atoms with Crippen molar-refractivity contribution in [2.75, 3.05) is 21.3 Å². The third-order valence-electron chi connectivity index (χ3n) is 1.34. The smallest absolute Gasteiger partial charge is 0.272 e. The van der Waals surface area contributed by atoms with Crippen molar-refractivity contribution in [1.82, 2.24) is 10.3 Å². The largest absolute Gasteiger partial charge is 0.393 e. The summed E-state index contributed by atoms with van der Waals surface area (Å²) in [6.45, 7) is 3.62. The number of carbonyl (C=O) groups is 1. The van der Waals surface area contributed by atoms with E-state index in [9.17, 15) is 4.79 Å². The van der Waals surface area contributed by atoms with E-state index in [-0.39, 0.29) is 6.04 Å². The van der Waals surface area contributed by atoms with E-state index in [1.165, 1.54) is 21.3 Å². The van der Waals surface area contributed by atoms with Gasteiger partial charge in [0, 0.05) is 0 Å². The quantitative estimate of drug-likeness (QED) is 0.618. The molecule has 0 saturated carbocycles. The molecular formula is C7H16N2O4. The lowest BCUT2D eigenvalue weighted by Gasteiger charge is -2.27. The van der Waals surface area contributed by atoms with Crippen LogP contribution in [0.1, 0.15) is 13.8 Å². The summed E-state index contributed by atoms with van der Waals surface area (Å²) in [5.41, 5.74) is 0. The Morgan fingerprint density at radius 1 is 1.08 bits per heavy atom.